The van der Waals surface area contributed by atoms with Gasteiger partial charge in [0.1, 0.15) is 6.61 Å². The average molecular weight is 984 g/mol. The van der Waals surface area contributed by atoms with Gasteiger partial charge in [0.25, 0.3) is 0 Å². The predicted molar refractivity (Wildman–Crippen MR) is 307 cm³/mol. The molecule has 0 fully saturated rings. The van der Waals surface area contributed by atoms with Crippen LogP contribution < -0.4 is 0 Å². The highest BCUT2D eigenvalue weighted by Gasteiger charge is 2.18. The first kappa shape index (κ1) is 68.1. The summed E-state index contributed by atoms with van der Waals surface area (Å²) >= 11 is 0. The van der Waals surface area contributed by atoms with Crippen molar-refractivity contribution in [2.45, 2.75) is 348 Å². The molecule has 1 atom stereocenters. The van der Waals surface area contributed by atoms with E-state index in [2.05, 4.69) is 57.2 Å². The topological polar surface area (TPSA) is 61.8 Å². The van der Waals surface area contributed by atoms with Gasteiger partial charge in [-0.2, -0.15) is 0 Å². The molecule has 0 saturated heterocycles. The third-order valence-corrected chi connectivity index (χ3v) is 14.1. The normalized spacial score (nSPS) is 12.3. The molecular weight excluding hydrogens is 861 g/mol. The first-order valence-electron chi connectivity index (χ1n) is 31.5. The molecule has 0 aromatic heterocycles. The zero-order chi connectivity index (χ0) is 50.6. The van der Waals surface area contributed by atoms with Crippen LogP contribution in [0.5, 0.6) is 0 Å². The monoisotopic (exact) mass is 983 g/mol. The van der Waals surface area contributed by atoms with Crippen LogP contribution in [0.3, 0.4) is 0 Å². The maximum Gasteiger partial charge on any atom is 0.306 e. The molecule has 5 nitrogen and oxygen atoms in total. The Balaban J connectivity index is 4.23. The molecule has 0 saturated carbocycles. The molecule has 0 rings (SSSR count). The van der Waals surface area contributed by atoms with Crippen LogP contribution in [0, 0.1) is 0 Å². The minimum Gasteiger partial charge on any atom is -0.462 e. The summed E-state index contributed by atoms with van der Waals surface area (Å²) in [6, 6.07) is 0. The molecule has 0 spiro atoms. The van der Waals surface area contributed by atoms with E-state index in [0.29, 0.717) is 26.1 Å². The Bertz CT molecular complexity index is 1110. The molecule has 0 aliphatic heterocycles. The van der Waals surface area contributed by atoms with Crippen LogP contribution in [0.4, 0.5) is 0 Å². The van der Waals surface area contributed by atoms with E-state index in [1.54, 1.807) is 0 Å². The first-order chi connectivity index (χ1) is 34.6. The third kappa shape index (κ3) is 58.7. The lowest BCUT2D eigenvalue weighted by Crippen LogP contribution is -2.30. The van der Waals surface area contributed by atoms with E-state index in [-0.39, 0.29) is 18.5 Å². The predicted octanol–water partition coefficient (Wildman–Crippen LogP) is 21.7. The maximum absolute atomic E-state index is 12.9. The Hall–Kier alpha value is -1.88. The molecular formula is C65H122O5. The summed E-state index contributed by atoms with van der Waals surface area (Å²) in [7, 11) is 0. The van der Waals surface area contributed by atoms with Gasteiger partial charge >= 0.3 is 11.9 Å². The Morgan fingerprint density at radius 1 is 0.314 bits per heavy atom. The van der Waals surface area contributed by atoms with Crippen molar-refractivity contribution in [3.8, 4) is 0 Å². The van der Waals surface area contributed by atoms with Crippen LogP contribution in [-0.2, 0) is 23.8 Å². The number of esters is 2. The van der Waals surface area contributed by atoms with Crippen LogP contribution in [0.25, 0.3) is 0 Å². The number of rotatable bonds is 59. The molecule has 5 heteroatoms. The van der Waals surface area contributed by atoms with Gasteiger partial charge in [-0.15, -0.1) is 0 Å². The lowest BCUT2D eigenvalue weighted by atomic mass is 10.0. The fourth-order valence-corrected chi connectivity index (χ4v) is 9.42. The maximum atomic E-state index is 12.9. The molecule has 70 heavy (non-hydrogen) atoms. The van der Waals surface area contributed by atoms with Crippen molar-refractivity contribution in [1.82, 2.24) is 0 Å². The van der Waals surface area contributed by atoms with Crippen molar-refractivity contribution in [2.75, 3.05) is 19.8 Å². The van der Waals surface area contributed by atoms with Crippen molar-refractivity contribution in [2.24, 2.45) is 0 Å². The number of ether oxygens (including phenoxy) is 3. The standard InChI is InChI=1S/C65H122O5/c1-4-7-10-13-16-19-22-25-28-31-33-35-37-40-43-46-49-52-55-58-64(66)69-62-63(61-68-60-57-54-51-48-45-42-39-30-27-24-21-18-15-12-9-6-3)70-65(67)59-56-53-50-47-44-41-38-36-34-32-29-26-23-20-17-14-11-8-5-2/h17,20,25-26,28-29,63H,4-16,18-19,21-24,27,30-62H2,1-3H3/b20-17-,28-25-,29-26-/t63-/m1/s1. The number of hydrogen-bond acceptors (Lipinski definition) is 5. The van der Waals surface area contributed by atoms with E-state index < -0.39 is 6.10 Å². The number of unbranched alkanes of at least 4 members (excludes halogenated alkanes) is 42. The third-order valence-electron chi connectivity index (χ3n) is 14.1. The summed E-state index contributed by atoms with van der Waals surface area (Å²) in [6.45, 7) is 7.87. The van der Waals surface area contributed by atoms with Gasteiger partial charge in [-0.25, -0.2) is 0 Å². The smallest absolute Gasteiger partial charge is 0.306 e. The summed E-state index contributed by atoms with van der Waals surface area (Å²) in [6.07, 6.45) is 76.0. The SMILES string of the molecule is CCCCC/C=C\C/C=C\CCCCCCCCCCCC(=O)O[C@H](COCCCCCCCCCCCCCCCCCC)COC(=O)CCCCCCCCCCC/C=C\CCCCCCCC. The zero-order valence-electron chi connectivity index (χ0n) is 47.6. The highest BCUT2D eigenvalue weighted by Crippen LogP contribution is 2.17. The van der Waals surface area contributed by atoms with Gasteiger partial charge in [-0.3, -0.25) is 9.59 Å². The van der Waals surface area contributed by atoms with Gasteiger partial charge in [-0.1, -0.05) is 288 Å². The molecule has 0 amide bonds. The summed E-state index contributed by atoms with van der Waals surface area (Å²) in [4.78, 5) is 25.6. The summed E-state index contributed by atoms with van der Waals surface area (Å²) in [5, 5.41) is 0. The molecule has 0 aliphatic rings. The number of carbonyl (C=O) groups excluding carboxylic acids is 2. The minimum atomic E-state index is -0.536. The Morgan fingerprint density at radius 3 is 0.986 bits per heavy atom. The summed E-state index contributed by atoms with van der Waals surface area (Å²) < 4.78 is 17.5. The van der Waals surface area contributed by atoms with Crippen molar-refractivity contribution in [1.29, 1.82) is 0 Å². The fraction of sp³-hybridized carbons (Fsp3) is 0.877. The lowest BCUT2D eigenvalue weighted by molar-refractivity contribution is -0.163. The fourth-order valence-electron chi connectivity index (χ4n) is 9.42. The molecule has 0 unspecified atom stereocenters. The van der Waals surface area contributed by atoms with E-state index in [0.717, 1.165) is 38.5 Å². The van der Waals surface area contributed by atoms with Crippen LogP contribution in [-0.4, -0.2) is 37.9 Å². The molecule has 0 N–H and O–H groups in total. The van der Waals surface area contributed by atoms with Gasteiger partial charge in [0.15, 0.2) is 6.10 Å². The van der Waals surface area contributed by atoms with Crippen LogP contribution >= 0.6 is 0 Å². The van der Waals surface area contributed by atoms with E-state index in [4.69, 9.17) is 14.2 Å². The summed E-state index contributed by atoms with van der Waals surface area (Å²) in [5.74, 6) is -0.382. The van der Waals surface area contributed by atoms with Gasteiger partial charge in [0, 0.05) is 19.4 Å². The van der Waals surface area contributed by atoms with Gasteiger partial charge in [0.05, 0.1) is 6.61 Å². The van der Waals surface area contributed by atoms with Crippen molar-refractivity contribution in [3.05, 3.63) is 36.5 Å². The lowest BCUT2D eigenvalue weighted by Gasteiger charge is -2.18. The largest absolute Gasteiger partial charge is 0.462 e. The second-order valence-electron chi connectivity index (χ2n) is 21.3. The van der Waals surface area contributed by atoms with Crippen molar-refractivity contribution >= 4 is 11.9 Å². The molecule has 0 heterocycles. The van der Waals surface area contributed by atoms with Crippen LogP contribution in [0.15, 0.2) is 36.5 Å². The molecule has 0 bridgehead atoms. The van der Waals surface area contributed by atoms with Crippen molar-refractivity contribution in [3.63, 3.8) is 0 Å². The van der Waals surface area contributed by atoms with E-state index in [1.807, 2.05) is 0 Å². The highest BCUT2D eigenvalue weighted by atomic mass is 16.6. The quantitative estimate of drug-likeness (QED) is 0.0345. The number of allylic oxidation sites excluding steroid dienone is 6. The Kier molecular flexibility index (Phi) is 59.8. The molecule has 0 aliphatic carbocycles. The Labute approximate surface area is 438 Å². The number of hydrogen-bond donors (Lipinski definition) is 0. The van der Waals surface area contributed by atoms with E-state index in [9.17, 15) is 9.59 Å². The van der Waals surface area contributed by atoms with Gasteiger partial charge in [-0.05, 0) is 77.0 Å². The molecule has 0 radical (unpaired) electrons. The molecule has 412 valence electrons. The summed E-state index contributed by atoms with van der Waals surface area (Å²) in [5.41, 5.74) is 0. The average Bonchev–Trinajstić information content (AvgIpc) is 3.36. The first-order valence-corrected chi connectivity index (χ1v) is 31.5. The van der Waals surface area contributed by atoms with Crippen molar-refractivity contribution < 1.29 is 23.8 Å². The minimum absolute atomic E-state index is 0.0886. The molecule has 0 aromatic carbocycles. The second-order valence-corrected chi connectivity index (χ2v) is 21.3. The van der Waals surface area contributed by atoms with Crippen LogP contribution in [0.1, 0.15) is 342 Å². The highest BCUT2D eigenvalue weighted by molar-refractivity contribution is 5.70. The van der Waals surface area contributed by atoms with Gasteiger partial charge in [0.2, 0.25) is 0 Å². The van der Waals surface area contributed by atoms with Gasteiger partial charge < -0.3 is 14.2 Å². The Morgan fingerprint density at radius 2 is 0.600 bits per heavy atom. The molecule has 0 aromatic rings. The van der Waals surface area contributed by atoms with Crippen LogP contribution in [0.2, 0.25) is 0 Å². The van der Waals surface area contributed by atoms with E-state index in [1.165, 1.54) is 270 Å². The van der Waals surface area contributed by atoms with E-state index >= 15 is 0 Å². The zero-order valence-corrected chi connectivity index (χ0v) is 47.6. The second kappa shape index (κ2) is 61.4. The number of carbonyl (C=O) groups is 2.